The highest BCUT2D eigenvalue weighted by atomic mass is 16.5. The first-order valence-corrected chi connectivity index (χ1v) is 10.0. The van der Waals surface area contributed by atoms with E-state index in [0.717, 1.165) is 16.9 Å². The van der Waals surface area contributed by atoms with Crippen molar-refractivity contribution < 1.29 is 19.1 Å². The Morgan fingerprint density at radius 3 is 2.23 bits per heavy atom. The number of esters is 1. The molecule has 1 heterocycles. The van der Waals surface area contributed by atoms with Crippen molar-refractivity contribution in [3.8, 4) is 5.69 Å². The first-order valence-electron chi connectivity index (χ1n) is 10.0. The number of ketones is 1. The number of hydrogen-bond donors (Lipinski definition) is 1. The van der Waals surface area contributed by atoms with Gasteiger partial charge in [0.1, 0.15) is 0 Å². The van der Waals surface area contributed by atoms with Gasteiger partial charge in [0.25, 0.3) is 0 Å². The summed E-state index contributed by atoms with van der Waals surface area (Å²) >= 11 is 0. The zero-order valence-electron chi connectivity index (χ0n) is 17.8. The van der Waals surface area contributed by atoms with E-state index in [1.54, 1.807) is 54.2 Å². The summed E-state index contributed by atoms with van der Waals surface area (Å²) in [7, 11) is 0. The molecule has 0 aliphatic rings. The number of carbonyl (C=O) groups is 3. The molecule has 7 heteroatoms. The van der Waals surface area contributed by atoms with E-state index in [1.165, 1.54) is 6.92 Å². The minimum atomic E-state index is -0.911. The largest absolute Gasteiger partial charge is 0.451 e. The van der Waals surface area contributed by atoms with Gasteiger partial charge < -0.3 is 10.1 Å². The van der Waals surface area contributed by atoms with Crippen molar-refractivity contribution in [1.82, 2.24) is 15.1 Å². The molecule has 0 unspecified atom stereocenters. The van der Waals surface area contributed by atoms with Crippen LogP contribution in [0.15, 0.2) is 60.8 Å². The molecular weight excluding hydrogens is 394 g/mol. The molecule has 0 fully saturated rings. The van der Waals surface area contributed by atoms with Crippen molar-refractivity contribution in [1.29, 1.82) is 0 Å². The lowest BCUT2D eigenvalue weighted by atomic mass is 10.0. The number of aryl methyl sites for hydroxylation is 1. The molecule has 2 aromatic carbocycles. The maximum absolute atomic E-state index is 12.6. The number of ether oxygens (including phenoxy) is 1. The number of benzene rings is 2. The molecule has 0 saturated carbocycles. The number of rotatable bonds is 8. The Morgan fingerprint density at radius 1 is 1.00 bits per heavy atom. The highest BCUT2D eigenvalue weighted by Gasteiger charge is 2.20. The molecule has 0 saturated heterocycles. The molecular formula is C24H25N3O4. The lowest BCUT2D eigenvalue weighted by Gasteiger charge is -2.13. The molecule has 1 aromatic heterocycles. The topological polar surface area (TPSA) is 90.3 Å². The van der Waals surface area contributed by atoms with E-state index in [9.17, 15) is 14.4 Å². The van der Waals surface area contributed by atoms with Crippen LogP contribution in [0.1, 0.15) is 45.8 Å². The van der Waals surface area contributed by atoms with Crippen LogP contribution in [0.2, 0.25) is 0 Å². The lowest BCUT2D eigenvalue weighted by molar-refractivity contribution is -0.118. The zero-order chi connectivity index (χ0) is 22.4. The minimum Gasteiger partial charge on any atom is -0.451 e. The van der Waals surface area contributed by atoms with Gasteiger partial charge in [0.15, 0.2) is 6.10 Å². The molecule has 0 bridgehead atoms. The van der Waals surface area contributed by atoms with Crippen LogP contribution in [0.5, 0.6) is 0 Å². The van der Waals surface area contributed by atoms with Crippen LogP contribution in [0.4, 0.5) is 0 Å². The SMILES string of the molecule is CC(=O)NCCc1ccc(C(=O)[C@H](C)OC(=O)c2ccc(-n3nccc3C)cc2)cc1. The van der Waals surface area contributed by atoms with Crippen molar-refractivity contribution in [2.45, 2.75) is 33.3 Å². The smallest absolute Gasteiger partial charge is 0.338 e. The fourth-order valence-corrected chi connectivity index (χ4v) is 3.11. The Hall–Kier alpha value is -3.74. The third kappa shape index (κ3) is 5.66. The molecule has 1 atom stereocenters. The van der Waals surface area contributed by atoms with E-state index in [-0.39, 0.29) is 11.7 Å². The Labute approximate surface area is 181 Å². The molecule has 160 valence electrons. The highest BCUT2D eigenvalue weighted by Crippen LogP contribution is 2.14. The van der Waals surface area contributed by atoms with Crippen molar-refractivity contribution in [3.05, 3.63) is 83.2 Å². The van der Waals surface area contributed by atoms with Crippen LogP contribution in [0.3, 0.4) is 0 Å². The van der Waals surface area contributed by atoms with Crippen LogP contribution in [-0.2, 0) is 16.0 Å². The van der Waals surface area contributed by atoms with Gasteiger partial charge in [0, 0.05) is 30.9 Å². The Morgan fingerprint density at radius 2 is 1.65 bits per heavy atom. The van der Waals surface area contributed by atoms with E-state index in [0.29, 0.717) is 24.1 Å². The minimum absolute atomic E-state index is 0.0754. The summed E-state index contributed by atoms with van der Waals surface area (Å²) in [5.74, 6) is -0.907. The second-order valence-electron chi connectivity index (χ2n) is 7.27. The molecule has 0 radical (unpaired) electrons. The zero-order valence-corrected chi connectivity index (χ0v) is 17.8. The van der Waals surface area contributed by atoms with Crippen molar-refractivity contribution >= 4 is 17.7 Å². The number of nitrogens with one attached hydrogen (secondary N) is 1. The summed E-state index contributed by atoms with van der Waals surface area (Å²) in [5.41, 5.74) is 3.65. The van der Waals surface area contributed by atoms with Crippen LogP contribution in [0, 0.1) is 6.92 Å². The van der Waals surface area contributed by atoms with E-state index in [1.807, 2.05) is 25.1 Å². The van der Waals surface area contributed by atoms with Crippen LogP contribution in [0.25, 0.3) is 5.69 Å². The van der Waals surface area contributed by atoms with Gasteiger partial charge in [-0.15, -0.1) is 0 Å². The van der Waals surface area contributed by atoms with Crippen LogP contribution < -0.4 is 5.32 Å². The summed E-state index contributed by atoms with van der Waals surface area (Å²) in [6.07, 6.45) is 1.47. The lowest BCUT2D eigenvalue weighted by Crippen LogP contribution is -2.24. The van der Waals surface area contributed by atoms with Crippen molar-refractivity contribution in [2.24, 2.45) is 0 Å². The van der Waals surface area contributed by atoms with Gasteiger partial charge in [-0.2, -0.15) is 5.10 Å². The predicted molar refractivity (Wildman–Crippen MR) is 116 cm³/mol. The molecule has 3 rings (SSSR count). The van der Waals surface area contributed by atoms with E-state index in [4.69, 9.17) is 4.74 Å². The number of Topliss-reactive ketones (excluding diaryl/α,β-unsaturated/α-hetero) is 1. The standard InChI is InChI=1S/C24H25N3O4/c1-16-12-15-26-27(16)22-10-8-21(9-11-22)24(30)31-17(2)23(29)20-6-4-19(5-7-20)13-14-25-18(3)28/h4-12,15,17H,13-14H2,1-3H3,(H,25,28)/t17-/m0/s1. The molecule has 1 amide bonds. The number of nitrogens with zero attached hydrogens (tertiary/aromatic N) is 2. The first kappa shape index (κ1) is 22.0. The van der Waals surface area contributed by atoms with Crippen LogP contribution >= 0.6 is 0 Å². The second kappa shape index (κ2) is 9.84. The molecule has 0 aliphatic heterocycles. The summed E-state index contributed by atoms with van der Waals surface area (Å²) in [5, 5.41) is 6.97. The summed E-state index contributed by atoms with van der Waals surface area (Å²) in [6.45, 7) is 5.51. The summed E-state index contributed by atoms with van der Waals surface area (Å²) in [6, 6.07) is 15.8. The second-order valence-corrected chi connectivity index (χ2v) is 7.27. The number of carbonyl (C=O) groups excluding carboxylic acids is 3. The Kier molecular flexibility index (Phi) is 6.97. The molecule has 1 N–H and O–H groups in total. The van der Waals surface area contributed by atoms with E-state index < -0.39 is 12.1 Å². The highest BCUT2D eigenvalue weighted by molar-refractivity contribution is 6.01. The van der Waals surface area contributed by atoms with Crippen LogP contribution in [-0.4, -0.2) is 40.1 Å². The fraction of sp³-hybridized carbons (Fsp3) is 0.250. The van der Waals surface area contributed by atoms with Gasteiger partial charge in [-0.25, -0.2) is 9.48 Å². The monoisotopic (exact) mass is 419 g/mol. The van der Waals surface area contributed by atoms with Crippen molar-refractivity contribution in [3.63, 3.8) is 0 Å². The molecule has 0 aliphatic carbocycles. The fourth-order valence-electron chi connectivity index (χ4n) is 3.11. The maximum Gasteiger partial charge on any atom is 0.338 e. The van der Waals surface area contributed by atoms with E-state index >= 15 is 0 Å². The van der Waals surface area contributed by atoms with Crippen molar-refractivity contribution in [2.75, 3.05) is 6.54 Å². The Bertz CT molecular complexity index is 1070. The normalized spacial score (nSPS) is 11.6. The van der Waals surface area contributed by atoms with E-state index in [2.05, 4.69) is 10.4 Å². The summed E-state index contributed by atoms with van der Waals surface area (Å²) < 4.78 is 7.14. The Balaban J connectivity index is 1.58. The summed E-state index contributed by atoms with van der Waals surface area (Å²) in [4.78, 5) is 36.0. The number of hydrogen-bond acceptors (Lipinski definition) is 5. The van der Waals surface area contributed by atoms with Gasteiger partial charge in [0.2, 0.25) is 11.7 Å². The number of amides is 1. The average molecular weight is 419 g/mol. The third-order valence-corrected chi connectivity index (χ3v) is 4.86. The first-order chi connectivity index (χ1) is 14.8. The predicted octanol–water partition coefficient (Wildman–Crippen LogP) is 3.29. The molecule has 3 aromatic rings. The number of aromatic nitrogens is 2. The van der Waals surface area contributed by atoms with Gasteiger partial charge in [-0.3, -0.25) is 9.59 Å². The van der Waals surface area contributed by atoms with Gasteiger partial charge in [-0.1, -0.05) is 24.3 Å². The quantitative estimate of drug-likeness (QED) is 0.447. The van der Waals surface area contributed by atoms with Gasteiger partial charge in [-0.05, 0) is 56.2 Å². The van der Waals surface area contributed by atoms with Gasteiger partial charge >= 0.3 is 5.97 Å². The average Bonchev–Trinajstić information content (AvgIpc) is 3.19. The molecule has 31 heavy (non-hydrogen) atoms. The van der Waals surface area contributed by atoms with Gasteiger partial charge in [0.05, 0.1) is 11.3 Å². The molecule has 0 spiro atoms. The molecule has 7 nitrogen and oxygen atoms in total. The third-order valence-electron chi connectivity index (χ3n) is 4.86. The maximum atomic E-state index is 12.6.